The van der Waals surface area contributed by atoms with E-state index in [-0.39, 0.29) is 0 Å². The third-order valence-corrected chi connectivity index (χ3v) is 4.59. The Balaban J connectivity index is 1.54. The second kappa shape index (κ2) is 6.02. The van der Waals surface area contributed by atoms with Crippen LogP contribution in [0.5, 0.6) is 0 Å². The van der Waals surface area contributed by atoms with E-state index < -0.39 is 0 Å². The van der Waals surface area contributed by atoms with Crippen molar-refractivity contribution in [2.45, 2.75) is 70.4 Å². The molecule has 0 heterocycles. The van der Waals surface area contributed by atoms with Crippen molar-refractivity contribution in [3.8, 4) is 0 Å². The molecule has 0 amide bonds. The van der Waals surface area contributed by atoms with E-state index in [1.54, 1.807) is 0 Å². The highest BCUT2D eigenvalue weighted by atomic mass is 14.9. The monoisotopic (exact) mass is 224 g/mol. The van der Waals surface area contributed by atoms with Gasteiger partial charge >= 0.3 is 0 Å². The summed E-state index contributed by atoms with van der Waals surface area (Å²) in [5.74, 6) is 1.98. The predicted octanol–water partition coefficient (Wildman–Crippen LogP) is 2.67. The Morgan fingerprint density at radius 1 is 1.06 bits per heavy atom. The first-order valence-electron chi connectivity index (χ1n) is 7.23. The van der Waals surface area contributed by atoms with Gasteiger partial charge in [0.05, 0.1) is 0 Å². The molecule has 0 aromatic rings. The Hall–Kier alpha value is -0.0800. The summed E-state index contributed by atoms with van der Waals surface area (Å²) in [6.45, 7) is 3.62. The molecule has 94 valence electrons. The van der Waals surface area contributed by atoms with E-state index in [1.807, 2.05) is 0 Å². The zero-order valence-electron chi connectivity index (χ0n) is 10.8. The maximum atomic E-state index is 5.91. The number of nitrogens with one attached hydrogen (secondary N) is 1. The van der Waals surface area contributed by atoms with E-state index in [2.05, 4.69) is 12.2 Å². The Morgan fingerprint density at radius 2 is 1.81 bits per heavy atom. The summed E-state index contributed by atoms with van der Waals surface area (Å²) >= 11 is 0. The third kappa shape index (κ3) is 3.74. The molecule has 2 nitrogen and oxygen atoms in total. The van der Waals surface area contributed by atoms with Gasteiger partial charge in [0.1, 0.15) is 0 Å². The molecule has 16 heavy (non-hydrogen) atoms. The maximum absolute atomic E-state index is 5.91. The topological polar surface area (TPSA) is 38.0 Å². The molecule has 0 aromatic carbocycles. The molecule has 3 N–H and O–H groups in total. The standard InChI is InChI=1S/C14H28N2/c1-11-2-4-12(5-3-11)8-9-16-14-7-6-13(15)10-14/h11-14,16H,2-10,15H2,1H3. The molecule has 2 fully saturated rings. The summed E-state index contributed by atoms with van der Waals surface area (Å²) in [5.41, 5.74) is 5.91. The van der Waals surface area contributed by atoms with Gasteiger partial charge in [-0.3, -0.25) is 0 Å². The fourth-order valence-electron chi connectivity index (χ4n) is 3.31. The predicted molar refractivity (Wildman–Crippen MR) is 69.4 cm³/mol. The van der Waals surface area contributed by atoms with E-state index >= 15 is 0 Å². The van der Waals surface area contributed by atoms with Gasteiger partial charge in [-0.05, 0) is 44.1 Å². The Labute approximate surface area is 100 Å². The van der Waals surface area contributed by atoms with Crippen molar-refractivity contribution in [2.24, 2.45) is 17.6 Å². The average molecular weight is 224 g/mol. The molecular formula is C14H28N2. The SMILES string of the molecule is CC1CCC(CCNC2CCC(N)C2)CC1. The zero-order chi connectivity index (χ0) is 11.4. The molecule has 2 atom stereocenters. The van der Waals surface area contributed by atoms with E-state index in [1.165, 1.54) is 57.9 Å². The van der Waals surface area contributed by atoms with Crippen LogP contribution in [-0.2, 0) is 0 Å². The number of hydrogen-bond acceptors (Lipinski definition) is 2. The summed E-state index contributed by atoms with van der Waals surface area (Å²) in [6.07, 6.45) is 10.9. The van der Waals surface area contributed by atoms with Gasteiger partial charge in [0, 0.05) is 12.1 Å². The second-order valence-electron chi connectivity index (χ2n) is 6.14. The minimum absolute atomic E-state index is 0.466. The lowest BCUT2D eigenvalue weighted by atomic mass is 9.81. The average Bonchev–Trinajstić information content (AvgIpc) is 2.67. The molecule has 0 aliphatic heterocycles. The van der Waals surface area contributed by atoms with Gasteiger partial charge in [-0.2, -0.15) is 0 Å². The summed E-state index contributed by atoms with van der Waals surface area (Å²) in [7, 11) is 0. The second-order valence-corrected chi connectivity index (χ2v) is 6.14. The van der Waals surface area contributed by atoms with Crippen LogP contribution in [0.4, 0.5) is 0 Å². The first-order chi connectivity index (χ1) is 7.74. The molecule has 0 bridgehead atoms. The molecule has 2 unspecified atom stereocenters. The Morgan fingerprint density at radius 3 is 2.44 bits per heavy atom. The molecule has 2 saturated carbocycles. The van der Waals surface area contributed by atoms with Crippen molar-refractivity contribution >= 4 is 0 Å². The van der Waals surface area contributed by atoms with Gasteiger partial charge < -0.3 is 11.1 Å². The van der Waals surface area contributed by atoms with Crippen LogP contribution >= 0.6 is 0 Å². The van der Waals surface area contributed by atoms with Crippen molar-refractivity contribution in [3.63, 3.8) is 0 Å². The van der Waals surface area contributed by atoms with Crippen LogP contribution in [0, 0.1) is 11.8 Å². The molecular weight excluding hydrogens is 196 g/mol. The molecule has 0 spiro atoms. The number of nitrogens with two attached hydrogens (primary N) is 1. The van der Waals surface area contributed by atoms with Gasteiger partial charge in [0.25, 0.3) is 0 Å². The molecule has 2 rings (SSSR count). The fraction of sp³-hybridized carbons (Fsp3) is 1.00. The van der Waals surface area contributed by atoms with E-state index in [4.69, 9.17) is 5.73 Å². The first kappa shape index (κ1) is 12.4. The minimum Gasteiger partial charge on any atom is -0.328 e. The quantitative estimate of drug-likeness (QED) is 0.770. The summed E-state index contributed by atoms with van der Waals surface area (Å²) in [4.78, 5) is 0. The molecule has 2 aliphatic rings. The van der Waals surface area contributed by atoms with Crippen molar-refractivity contribution in [2.75, 3.05) is 6.54 Å². The number of hydrogen-bond donors (Lipinski definition) is 2. The summed E-state index contributed by atoms with van der Waals surface area (Å²) in [5, 5.41) is 3.69. The van der Waals surface area contributed by atoms with E-state index in [9.17, 15) is 0 Å². The van der Waals surface area contributed by atoms with Crippen molar-refractivity contribution in [3.05, 3.63) is 0 Å². The van der Waals surface area contributed by atoms with Gasteiger partial charge in [0.15, 0.2) is 0 Å². The van der Waals surface area contributed by atoms with Crippen LogP contribution < -0.4 is 11.1 Å². The normalized spacial score (nSPS) is 40.1. The van der Waals surface area contributed by atoms with Crippen LogP contribution in [-0.4, -0.2) is 18.6 Å². The van der Waals surface area contributed by atoms with Crippen LogP contribution in [0.2, 0.25) is 0 Å². The Kier molecular flexibility index (Phi) is 4.66. The van der Waals surface area contributed by atoms with Gasteiger partial charge in [0.2, 0.25) is 0 Å². The summed E-state index contributed by atoms with van der Waals surface area (Å²) in [6, 6.07) is 1.19. The van der Waals surface area contributed by atoms with E-state index in [0.717, 1.165) is 17.9 Å². The maximum Gasteiger partial charge on any atom is 0.00823 e. The fourth-order valence-corrected chi connectivity index (χ4v) is 3.31. The molecule has 0 radical (unpaired) electrons. The number of rotatable bonds is 4. The van der Waals surface area contributed by atoms with Crippen molar-refractivity contribution < 1.29 is 0 Å². The van der Waals surface area contributed by atoms with Crippen LogP contribution in [0.25, 0.3) is 0 Å². The highest BCUT2D eigenvalue weighted by molar-refractivity contribution is 4.83. The lowest BCUT2D eigenvalue weighted by molar-refractivity contribution is 0.272. The molecule has 0 saturated heterocycles. The van der Waals surface area contributed by atoms with Crippen LogP contribution in [0.15, 0.2) is 0 Å². The summed E-state index contributed by atoms with van der Waals surface area (Å²) < 4.78 is 0. The first-order valence-corrected chi connectivity index (χ1v) is 7.23. The van der Waals surface area contributed by atoms with Gasteiger partial charge in [-0.1, -0.05) is 32.6 Å². The van der Waals surface area contributed by atoms with Crippen molar-refractivity contribution in [1.82, 2.24) is 5.32 Å². The lowest BCUT2D eigenvalue weighted by Gasteiger charge is -2.26. The molecule has 2 heteroatoms. The highest BCUT2D eigenvalue weighted by Gasteiger charge is 2.22. The minimum atomic E-state index is 0.466. The molecule has 2 aliphatic carbocycles. The van der Waals surface area contributed by atoms with Crippen molar-refractivity contribution in [1.29, 1.82) is 0 Å². The zero-order valence-corrected chi connectivity index (χ0v) is 10.8. The largest absolute Gasteiger partial charge is 0.328 e. The van der Waals surface area contributed by atoms with Crippen LogP contribution in [0.1, 0.15) is 58.3 Å². The smallest absolute Gasteiger partial charge is 0.00823 e. The highest BCUT2D eigenvalue weighted by Crippen LogP contribution is 2.30. The lowest BCUT2D eigenvalue weighted by Crippen LogP contribution is -2.30. The third-order valence-electron chi connectivity index (χ3n) is 4.59. The molecule has 0 aromatic heterocycles. The van der Waals surface area contributed by atoms with Gasteiger partial charge in [-0.25, -0.2) is 0 Å². The Bertz CT molecular complexity index is 197. The van der Waals surface area contributed by atoms with Gasteiger partial charge in [-0.15, -0.1) is 0 Å². The van der Waals surface area contributed by atoms with E-state index in [0.29, 0.717) is 6.04 Å². The van der Waals surface area contributed by atoms with Crippen LogP contribution in [0.3, 0.4) is 0 Å².